The molecule has 0 atom stereocenters. The molecule has 0 fully saturated rings. The molecule has 3 rings (SSSR count). The summed E-state index contributed by atoms with van der Waals surface area (Å²) < 4.78 is 16.5. The number of hydrogen-bond donors (Lipinski definition) is 2. The van der Waals surface area contributed by atoms with Gasteiger partial charge in [0.25, 0.3) is 0 Å². The first-order chi connectivity index (χ1) is 11.9. The SMILES string of the molecule is Cc1ccccc1-c1cccc(OP(=O)(O)O)c1-c1ccccc1C. The van der Waals surface area contributed by atoms with Gasteiger partial charge in [0.05, 0.1) is 0 Å². The van der Waals surface area contributed by atoms with Gasteiger partial charge in [-0.25, -0.2) is 4.57 Å². The molecular formula is C20H19O4P. The summed E-state index contributed by atoms with van der Waals surface area (Å²) in [5, 5.41) is 0. The van der Waals surface area contributed by atoms with Gasteiger partial charge in [0.15, 0.2) is 0 Å². The highest BCUT2D eigenvalue weighted by atomic mass is 31.2. The summed E-state index contributed by atoms with van der Waals surface area (Å²) in [7, 11) is -4.67. The third-order valence-corrected chi connectivity index (χ3v) is 4.53. The van der Waals surface area contributed by atoms with Crippen LogP contribution in [0.5, 0.6) is 5.75 Å². The molecular weight excluding hydrogens is 335 g/mol. The highest BCUT2D eigenvalue weighted by Gasteiger charge is 2.22. The fourth-order valence-electron chi connectivity index (χ4n) is 2.97. The minimum atomic E-state index is -4.67. The molecule has 3 aromatic rings. The molecule has 0 heterocycles. The standard InChI is InChI=1S/C20H19O4P/c1-14-8-3-5-10-16(14)18-12-7-13-19(24-25(21,22)23)20(18)17-11-6-4-9-15(17)2/h3-13H,1-2H3,(H2,21,22,23). The lowest BCUT2D eigenvalue weighted by molar-refractivity contribution is 0.283. The van der Waals surface area contributed by atoms with Crippen LogP contribution in [0.2, 0.25) is 0 Å². The van der Waals surface area contributed by atoms with Crippen LogP contribution in [0.3, 0.4) is 0 Å². The summed E-state index contributed by atoms with van der Waals surface area (Å²) in [5.41, 5.74) is 5.50. The van der Waals surface area contributed by atoms with Gasteiger partial charge in [-0.2, -0.15) is 0 Å². The van der Waals surface area contributed by atoms with Gasteiger partial charge < -0.3 is 4.52 Å². The maximum absolute atomic E-state index is 11.5. The normalized spacial score (nSPS) is 11.4. The van der Waals surface area contributed by atoms with Crippen LogP contribution in [0, 0.1) is 13.8 Å². The summed E-state index contributed by atoms with van der Waals surface area (Å²) in [4.78, 5) is 18.6. The first-order valence-corrected chi connectivity index (χ1v) is 9.40. The topological polar surface area (TPSA) is 66.8 Å². The Morgan fingerprint density at radius 3 is 1.80 bits per heavy atom. The molecule has 0 amide bonds. The van der Waals surface area contributed by atoms with Crippen LogP contribution in [0.4, 0.5) is 0 Å². The summed E-state index contributed by atoms with van der Waals surface area (Å²) in [5.74, 6) is 0.170. The van der Waals surface area contributed by atoms with Gasteiger partial charge in [-0.3, -0.25) is 9.79 Å². The second kappa shape index (κ2) is 6.85. The lowest BCUT2D eigenvalue weighted by Gasteiger charge is -2.18. The summed E-state index contributed by atoms with van der Waals surface area (Å²) in [6, 6.07) is 20.9. The zero-order valence-electron chi connectivity index (χ0n) is 14.0. The number of rotatable bonds is 4. The van der Waals surface area contributed by atoms with Crippen LogP contribution in [0.15, 0.2) is 66.7 Å². The highest BCUT2D eigenvalue weighted by molar-refractivity contribution is 7.46. The Bertz CT molecular complexity index is 959. The fraction of sp³-hybridized carbons (Fsp3) is 0.100. The summed E-state index contributed by atoms with van der Waals surface area (Å²) in [6.45, 7) is 3.97. The summed E-state index contributed by atoms with van der Waals surface area (Å²) in [6.07, 6.45) is 0. The highest BCUT2D eigenvalue weighted by Crippen LogP contribution is 2.47. The van der Waals surface area contributed by atoms with E-state index in [1.165, 1.54) is 0 Å². The van der Waals surface area contributed by atoms with Crippen molar-refractivity contribution in [3.63, 3.8) is 0 Å². The maximum Gasteiger partial charge on any atom is 0.524 e. The van der Waals surface area contributed by atoms with E-state index in [1.54, 1.807) is 12.1 Å². The second-order valence-electron chi connectivity index (χ2n) is 5.89. The van der Waals surface area contributed by atoms with Crippen molar-refractivity contribution in [2.75, 3.05) is 0 Å². The minimum absolute atomic E-state index is 0.170. The van der Waals surface area contributed by atoms with Gasteiger partial charge in [-0.15, -0.1) is 0 Å². The van der Waals surface area contributed by atoms with Crippen LogP contribution in [0.1, 0.15) is 11.1 Å². The van der Waals surface area contributed by atoms with Gasteiger partial charge in [0.1, 0.15) is 5.75 Å². The Hall–Kier alpha value is -2.39. The molecule has 2 N–H and O–H groups in total. The molecule has 3 aromatic carbocycles. The van der Waals surface area contributed by atoms with Crippen LogP contribution in [-0.2, 0) is 4.57 Å². The molecule has 0 saturated carbocycles. The maximum atomic E-state index is 11.5. The molecule has 0 aromatic heterocycles. The van der Waals surface area contributed by atoms with Crippen molar-refractivity contribution in [2.45, 2.75) is 13.8 Å². The lowest BCUT2D eigenvalue weighted by Crippen LogP contribution is -1.97. The van der Waals surface area contributed by atoms with Gasteiger partial charge in [0.2, 0.25) is 0 Å². The average molecular weight is 354 g/mol. The lowest BCUT2D eigenvalue weighted by atomic mass is 9.90. The smallest absolute Gasteiger partial charge is 0.404 e. The molecule has 0 saturated heterocycles. The van der Waals surface area contributed by atoms with Crippen molar-refractivity contribution < 1.29 is 18.9 Å². The van der Waals surface area contributed by atoms with E-state index in [4.69, 9.17) is 4.52 Å². The average Bonchev–Trinajstić information content (AvgIpc) is 2.55. The molecule has 0 aliphatic carbocycles. The fourth-order valence-corrected chi connectivity index (χ4v) is 3.37. The minimum Gasteiger partial charge on any atom is -0.404 e. The predicted molar refractivity (Wildman–Crippen MR) is 99.5 cm³/mol. The van der Waals surface area contributed by atoms with Crippen molar-refractivity contribution >= 4 is 7.82 Å². The third-order valence-electron chi connectivity index (χ3n) is 4.09. The van der Waals surface area contributed by atoms with Crippen molar-refractivity contribution in [1.82, 2.24) is 0 Å². The van der Waals surface area contributed by atoms with E-state index in [-0.39, 0.29) is 5.75 Å². The Kier molecular flexibility index (Phi) is 4.78. The van der Waals surface area contributed by atoms with Gasteiger partial charge in [0, 0.05) is 5.56 Å². The van der Waals surface area contributed by atoms with Crippen molar-refractivity contribution in [2.24, 2.45) is 0 Å². The van der Waals surface area contributed by atoms with Crippen molar-refractivity contribution in [3.05, 3.63) is 77.9 Å². The largest absolute Gasteiger partial charge is 0.524 e. The van der Waals surface area contributed by atoms with Crippen molar-refractivity contribution in [1.29, 1.82) is 0 Å². The molecule has 0 unspecified atom stereocenters. The van der Waals surface area contributed by atoms with Gasteiger partial charge in [-0.05, 0) is 47.7 Å². The van der Waals surface area contributed by atoms with Gasteiger partial charge in [-0.1, -0.05) is 60.7 Å². The quantitative estimate of drug-likeness (QED) is 0.639. The number of phosphoric ester groups is 1. The molecule has 0 aliphatic rings. The summed E-state index contributed by atoms with van der Waals surface area (Å²) >= 11 is 0. The molecule has 0 spiro atoms. The number of hydrogen-bond acceptors (Lipinski definition) is 2. The van der Waals surface area contributed by atoms with E-state index >= 15 is 0 Å². The van der Waals surface area contributed by atoms with E-state index in [1.807, 2.05) is 68.4 Å². The monoisotopic (exact) mass is 354 g/mol. The third kappa shape index (κ3) is 3.83. The number of benzene rings is 3. The molecule has 4 nitrogen and oxygen atoms in total. The Morgan fingerprint density at radius 1 is 0.720 bits per heavy atom. The zero-order valence-corrected chi connectivity index (χ0v) is 14.9. The van der Waals surface area contributed by atoms with Crippen LogP contribution < -0.4 is 4.52 Å². The van der Waals surface area contributed by atoms with Crippen LogP contribution in [0.25, 0.3) is 22.3 Å². The Balaban J connectivity index is 2.33. The molecule has 25 heavy (non-hydrogen) atoms. The van der Waals surface area contributed by atoms with E-state index < -0.39 is 7.82 Å². The molecule has 128 valence electrons. The predicted octanol–water partition coefficient (Wildman–Crippen LogP) is 5.11. The number of aryl methyl sites for hydroxylation is 2. The molecule has 0 aliphatic heterocycles. The van der Waals surface area contributed by atoms with E-state index in [0.29, 0.717) is 5.56 Å². The van der Waals surface area contributed by atoms with Crippen LogP contribution >= 0.6 is 7.82 Å². The number of phosphoric acid groups is 1. The Morgan fingerprint density at radius 2 is 1.24 bits per heavy atom. The molecule has 5 heteroatoms. The van der Waals surface area contributed by atoms with E-state index in [0.717, 1.165) is 27.8 Å². The van der Waals surface area contributed by atoms with E-state index in [9.17, 15) is 14.4 Å². The first kappa shape index (κ1) is 17.4. The zero-order chi connectivity index (χ0) is 18.0. The molecule has 0 bridgehead atoms. The van der Waals surface area contributed by atoms with E-state index in [2.05, 4.69) is 0 Å². The Labute approximate surface area is 147 Å². The second-order valence-corrected chi connectivity index (χ2v) is 7.05. The molecule has 0 radical (unpaired) electrons. The van der Waals surface area contributed by atoms with Crippen molar-refractivity contribution in [3.8, 4) is 28.0 Å². The van der Waals surface area contributed by atoms with Crippen LogP contribution in [-0.4, -0.2) is 9.79 Å². The first-order valence-electron chi connectivity index (χ1n) is 7.87. The van der Waals surface area contributed by atoms with Gasteiger partial charge >= 0.3 is 7.82 Å².